The molecular formula is C13H14NO4-. The number of hydrogen-bond acceptors (Lipinski definition) is 4. The number of carbonyl (C=O) groups excluding carboxylic acids is 2. The first-order chi connectivity index (χ1) is 8.59. The molecule has 0 unspecified atom stereocenters. The topological polar surface area (TPSA) is 78.5 Å². The third-order valence-corrected chi connectivity index (χ3v) is 3.03. The fourth-order valence-corrected chi connectivity index (χ4v) is 1.99. The molecule has 1 aliphatic heterocycles. The van der Waals surface area contributed by atoms with E-state index in [9.17, 15) is 14.7 Å². The molecule has 5 nitrogen and oxygen atoms in total. The summed E-state index contributed by atoms with van der Waals surface area (Å²) >= 11 is 0. The van der Waals surface area contributed by atoms with Crippen LogP contribution in [0.25, 0.3) is 0 Å². The Balaban J connectivity index is 2.16. The monoisotopic (exact) mass is 248 g/mol. The van der Waals surface area contributed by atoms with Gasteiger partial charge in [-0.1, -0.05) is 12.1 Å². The first kappa shape index (κ1) is 12.6. The molecule has 1 aromatic carbocycles. The minimum atomic E-state index is -1.25. The van der Waals surface area contributed by atoms with Gasteiger partial charge >= 0.3 is 0 Å². The average molecular weight is 248 g/mol. The van der Waals surface area contributed by atoms with Gasteiger partial charge in [0.15, 0.2) is 0 Å². The predicted octanol–water partition coefficient (Wildman–Crippen LogP) is 0.476. The zero-order chi connectivity index (χ0) is 13.1. The van der Waals surface area contributed by atoms with Crippen molar-refractivity contribution in [2.75, 3.05) is 11.9 Å². The second-order valence-corrected chi connectivity index (χ2v) is 4.26. The van der Waals surface area contributed by atoms with Crippen molar-refractivity contribution in [3.8, 4) is 0 Å². The Morgan fingerprint density at radius 2 is 2.22 bits per heavy atom. The van der Waals surface area contributed by atoms with E-state index in [1.807, 2.05) is 0 Å². The first-order valence-electron chi connectivity index (χ1n) is 5.83. The fraction of sp³-hybridized carbons (Fsp3) is 0.385. The van der Waals surface area contributed by atoms with Gasteiger partial charge in [-0.15, -0.1) is 0 Å². The highest BCUT2D eigenvalue weighted by Crippen LogP contribution is 2.20. The molecule has 5 heteroatoms. The molecule has 1 aromatic rings. The van der Waals surface area contributed by atoms with Crippen molar-refractivity contribution in [1.29, 1.82) is 0 Å². The van der Waals surface area contributed by atoms with Crippen molar-refractivity contribution < 1.29 is 19.4 Å². The lowest BCUT2D eigenvalue weighted by Crippen LogP contribution is -2.28. The van der Waals surface area contributed by atoms with Crippen LogP contribution in [0.4, 0.5) is 5.69 Å². The van der Waals surface area contributed by atoms with Crippen LogP contribution in [0, 0.1) is 6.92 Å². The number of anilines is 1. The smallest absolute Gasteiger partial charge is 0.253 e. The maximum atomic E-state index is 11.8. The second kappa shape index (κ2) is 5.18. The van der Waals surface area contributed by atoms with E-state index in [4.69, 9.17) is 4.74 Å². The van der Waals surface area contributed by atoms with Gasteiger partial charge in [0.1, 0.15) is 6.10 Å². The summed E-state index contributed by atoms with van der Waals surface area (Å²) in [6.45, 7) is 2.23. The van der Waals surface area contributed by atoms with Gasteiger partial charge in [0.2, 0.25) is 0 Å². The Morgan fingerprint density at radius 3 is 2.83 bits per heavy atom. The van der Waals surface area contributed by atoms with Gasteiger partial charge in [-0.05, 0) is 31.4 Å². The summed E-state index contributed by atoms with van der Waals surface area (Å²) in [7, 11) is 0. The van der Waals surface area contributed by atoms with Crippen LogP contribution in [0.5, 0.6) is 0 Å². The Morgan fingerprint density at radius 1 is 1.44 bits per heavy atom. The number of ether oxygens (including phenoxy) is 1. The van der Waals surface area contributed by atoms with Gasteiger partial charge in [-0.2, -0.15) is 0 Å². The zero-order valence-electron chi connectivity index (χ0n) is 10.1. The van der Waals surface area contributed by atoms with Crippen LogP contribution < -0.4 is 10.4 Å². The lowest BCUT2D eigenvalue weighted by Gasteiger charge is -2.15. The minimum absolute atomic E-state index is 0.0835. The molecule has 0 aromatic heterocycles. The molecule has 1 atom stereocenters. The van der Waals surface area contributed by atoms with Crippen molar-refractivity contribution in [2.45, 2.75) is 25.9 Å². The Hall–Kier alpha value is -1.88. The summed E-state index contributed by atoms with van der Waals surface area (Å²) in [5.41, 5.74) is 1.06. The molecule has 0 radical (unpaired) electrons. The van der Waals surface area contributed by atoms with Crippen LogP contribution in [-0.2, 0) is 9.53 Å². The first-order valence-corrected chi connectivity index (χ1v) is 5.83. The highest BCUT2D eigenvalue weighted by Gasteiger charge is 2.24. The standard InChI is InChI=1S/C13H15NO4/c1-8-9(13(16)17)4-2-5-10(8)14-12(15)11-6-3-7-18-11/h2,4-5,11H,3,6-7H2,1H3,(H,14,15)(H,16,17)/p-1/t11-/m0/s1. The molecule has 0 spiro atoms. The highest BCUT2D eigenvalue weighted by atomic mass is 16.5. The van der Waals surface area contributed by atoms with Gasteiger partial charge < -0.3 is 20.0 Å². The van der Waals surface area contributed by atoms with E-state index in [1.165, 1.54) is 6.07 Å². The Labute approximate surface area is 105 Å². The fourth-order valence-electron chi connectivity index (χ4n) is 1.99. The van der Waals surface area contributed by atoms with E-state index in [1.54, 1.807) is 19.1 Å². The van der Waals surface area contributed by atoms with E-state index in [0.29, 0.717) is 24.3 Å². The minimum Gasteiger partial charge on any atom is -0.545 e. The van der Waals surface area contributed by atoms with E-state index >= 15 is 0 Å². The Kier molecular flexibility index (Phi) is 3.62. The summed E-state index contributed by atoms with van der Waals surface area (Å²) in [6.07, 6.45) is 1.14. The summed E-state index contributed by atoms with van der Waals surface area (Å²) in [5.74, 6) is -1.48. The number of nitrogens with one attached hydrogen (secondary N) is 1. The quantitative estimate of drug-likeness (QED) is 0.843. The van der Waals surface area contributed by atoms with Crippen molar-refractivity contribution >= 4 is 17.6 Å². The number of carbonyl (C=O) groups is 2. The maximum Gasteiger partial charge on any atom is 0.253 e. The van der Waals surface area contributed by atoms with Crippen molar-refractivity contribution in [3.05, 3.63) is 29.3 Å². The SMILES string of the molecule is Cc1c(NC(=O)[C@@H]2CCCO2)cccc1C(=O)[O-]. The molecule has 1 saturated heterocycles. The van der Waals surface area contributed by atoms with Gasteiger partial charge in [-0.3, -0.25) is 4.79 Å². The number of aromatic carboxylic acids is 1. The largest absolute Gasteiger partial charge is 0.545 e. The molecule has 1 heterocycles. The normalized spacial score (nSPS) is 18.6. The summed E-state index contributed by atoms with van der Waals surface area (Å²) < 4.78 is 5.26. The third kappa shape index (κ3) is 2.51. The lowest BCUT2D eigenvalue weighted by atomic mass is 10.1. The highest BCUT2D eigenvalue weighted by molar-refractivity contribution is 5.97. The molecule has 96 valence electrons. The van der Waals surface area contributed by atoms with E-state index in [2.05, 4.69) is 5.32 Å². The molecule has 18 heavy (non-hydrogen) atoms. The third-order valence-electron chi connectivity index (χ3n) is 3.03. The van der Waals surface area contributed by atoms with Crippen molar-refractivity contribution in [1.82, 2.24) is 0 Å². The second-order valence-electron chi connectivity index (χ2n) is 4.26. The number of carboxylic acids is 1. The molecular weight excluding hydrogens is 234 g/mol. The van der Waals surface area contributed by atoms with Gasteiger partial charge in [0.05, 0.1) is 5.97 Å². The van der Waals surface area contributed by atoms with Crippen LogP contribution >= 0.6 is 0 Å². The van der Waals surface area contributed by atoms with Crippen LogP contribution in [0.15, 0.2) is 18.2 Å². The average Bonchev–Trinajstić information content (AvgIpc) is 2.85. The molecule has 1 N–H and O–H groups in total. The van der Waals surface area contributed by atoms with Gasteiger partial charge in [-0.25, -0.2) is 0 Å². The van der Waals surface area contributed by atoms with Crippen molar-refractivity contribution in [3.63, 3.8) is 0 Å². The van der Waals surface area contributed by atoms with Crippen LogP contribution in [0.1, 0.15) is 28.8 Å². The van der Waals surface area contributed by atoms with Crippen LogP contribution in [0.3, 0.4) is 0 Å². The summed E-state index contributed by atoms with van der Waals surface area (Å²) in [5, 5.41) is 13.6. The summed E-state index contributed by atoms with van der Waals surface area (Å²) in [4.78, 5) is 22.7. The lowest BCUT2D eigenvalue weighted by molar-refractivity contribution is -0.255. The maximum absolute atomic E-state index is 11.8. The van der Waals surface area contributed by atoms with Crippen LogP contribution in [0.2, 0.25) is 0 Å². The van der Waals surface area contributed by atoms with E-state index in [0.717, 1.165) is 6.42 Å². The van der Waals surface area contributed by atoms with E-state index < -0.39 is 12.1 Å². The van der Waals surface area contributed by atoms with Crippen molar-refractivity contribution in [2.24, 2.45) is 0 Å². The molecule has 1 amide bonds. The number of amides is 1. The molecule has 1 fully saturated rings. The summed E-state index contributed by atoms with van der Waals surface area (Å²) in [6, 6.07) is 4.68. The van der Waals surface area contributed by atoms with Crippen LogP contribution in [-0.4, -0.2) is 24.6 Å². The number of carboxylic acid groups (broad SMARTS) is 1. The molecule has 2 rings (SSSR count). The predicted molar refractivity (Wildman–Crippen MR) is 63.1 cm³/mol. The number of hydrogen-bond donors (Lipinski definition) is 1. The zero-order valence-corrected chi connectivity index (χ0v) is 10.1. The molecule has 1 aliphatic rings. The van der Waals surface area contributed by atoms with Gasteiger partial charge in [0, 0.05) is 17.9 Å². The Bertz CT molecular complexity index is 478. The number of benzene rings is 1. The van der Waals surface area contributed by atoms with E-state index in [-0.39, 0.29) is 11.5 Å². The molecule has 0 saturated carbocycles. The molecule has 0 bridgehead atoms. The van der Waals surface area contributed by atoms with Gasteiger partial charge in [0.25, 0.3) is 5.91 Å². The number of rotatable bonds is 3. The molecule has 0 aliphatic carbocycles.